The zero-order valence-corrected chi connectivity index (χ0v) is 13.6. The van der Waals surface area contributed by atoms with Gasteiger partial charge in [0.25, 0.3) is 0 Å². The first-order chi connectivity index (χ1) is 10.8. The van der Waals surface area contributed by atoms with Crippen LogP contribution < -0.4 is 14.8 Å². The summed E-state index contributed by atoms with van der Waals surface area (Å²) in [6, 6.07) is 5.98. The van der Waals surface area contributed by atoms with E-state index in [0.717, 1.165) is 36.1 Å². The normalized spacial score (nSPS) is 14.1. The van der Waals surface area contributed by atoms with E-state index in [1.165, 1.54) is 12.8 Å². The van der Waals surface area contributed by atoms with Crippen LogP contribution >= 0.6 is 0 Å². The van der Waals surface area contributed by atoms with Crippen LogP contribution in [-0.4, -0.2) is 47.2 Å². The average molecular weight is 309 g/mol. The van der Waals surface area contributed by atoms with E-state index in [-0.39, 0.29) is 0 Å². The molecule has 5 heteroatoms. The zero-order chi connectivity index (χ0) is 15.6. The maximum absolute atomic E-state index is 5.82. The molecule has 0 radical (unpaired) electrons. The smallest absolute Gasteiger partial charge is 0.127 e. The van der Waals surface area contributed by atoms with Crippen molar-refractivity contribution in [1.82, 2.24) is 5.32 Å². The molecule has 0 heterocycles. The van der Waals surface area contributed by atoms with Gasteiger partial charge < -0.3 is 24.3 Å². The fourth-order valence-corrected chi connectivity index (χ4v) is 2.12. The van der Waals surface area contributed by atoms with E-state index in [9.17, 15) is 0 Å². The third-order valence-corrected chi connectivity index (χ3v) is 3.59. The maximum atomic E-state index is 5.82. The van der Waals surface area contributed by atoms with Crippen LogP contribution in [0.1, 0.15) is 18.4 Å². The van der Waals surface area contributed by atoms with Crippen molar-refractivity contribution >= 4 is 0 Å². The number of benzene rings is 1. The number of nitrogens with one attached hydrogen (secondary N) is 1. The van der Waals surface area contributed by atoms with Crippen molar-refractivity contribution in [3.63, 3.8) is 0 Å². The van der Waals surface area contributed by atoms with Gasteiger partial charge in [-0.25, -0.2) is 0 Å². The monoisotopic (exact) mass is 309 g/mol. The van der Waals surface area contributed by atoms with Crippen molar-refractivity contribution in [3.8, 4) is 11.5 Å². The highest BCUT2D eigenvalue weighted by molar-refractivity contribution is 5.40. The molecule has 0 aliphatic heterocycles. The molecule has 0 aromatic heterocycles. The van der Waals surface area contributed by atoms with Crippen molar-refractivity contribution in [2.75, 3.05) is 47.2 Å². The molecule has 5 nitrogen and oxygen atoms in total. The van der Waals surface area contributed by atoms with Gasteiger partial charge in [0.15, 0.2) is 0 Å². The molecule has 1 fully saturated rings. The molecule has 0 unspecified atom stereocenters. The van der Waals surface area contributed by atoms with Crippen molar-refractivity contribution in [3.05, 3.63) is 23.8 Å². The Balaban J connectivity index is 1.91. The van der Waals surface area contributed by atoms with Crippen molar-refractivity contribution in [1.29, 1.82) is 0 Å². The van der Waals surface area contributed by atoms with Crippen LogP contribution in [0, 0.1) is 5.92 Å². The van der Waals surface area contributed by atoms with Crippen LogP contribution in [0.25, 0.3) is 0 Å². The maximum Gasteiger partial charge on any atom is 0.127 e. The Kier molecular flexibility index (Phi) is 7.49. The molecule has 1 aliphatic rings. The first-order valence-electron chi connectivity index (χ1n) is 7.90. The Hall–Kier alpha value is -1.30. The van der Waals surface area contributed by atoms with E-state index >= 15 is 0 Å². The van der Waals surface area contributed by atoms with Gasteiger partial charge in [0.05, 0.1) is 13.2 Å². The largest absolute Gasteiger partial charge is 0.491 e. The molecular weight excluding hydrogens is 282 g/mol. The van der Waals surface area contributed by atoms with Crippen LogP contribution in [-0.2, 0) is 16.0 Å². The summed E-state index contributed by atoms with van der Waals surface area (Å²) in [4.78, 5) is 0. The van der Waals surface area contributed by atoms with Crippen LogP contribution in [0.2, 0.25) is 0 Å². The third kappa shape index (κ3) is 6.22. The van der Waals surface area contributed by atoms with Crippen LogP contribution in [0.4, 0.5) is 0 Å². The summed E-state index contributed by atoms with van der Waals surface area (Å²) in [5.41, 5.74) is 1.15. The zero-order valence-electron chi connectivity index (χ0n) is 13.6. The van der Waals surface area contributed by atoms with E-state index in [4.69, 9.17) is 18.9 Å². The lowest BCUT2D eigenvalue weighted by Crippen LogP contribution is -2.17. The van der Waals surface area contributed by atoms with Gasteiger partial charge in [0.2, 0.25) is 0 Å². The molecule has 0 amide bonds. The second kappa shape index (κ2) is 9.66. The van der Waals surface area contributed by atoms with Gasteiger partial charge in [-0.1, -0.05) is 6.07 Å². The molecule has 1 aromatic carbocycles. The molecule has 0 saturated heterocycles. The molecule has 1 saturated carbocycles. The summed E-state index contributed by atoms with van der Waals surface area (Å²) in [5, 5.41) is 3.49. The molecule has 22 heavy (non-hydrogen) atoms. The highest BCUT2D eigenvalue weighted by atomic mass is 16.5. The first kappa shape index (κ1) is 17.1. The van der Waals surface area contributed by atoms with Crippen LogP contribution in [0.15, 0.2) is 18.2 Å². The number of methoxy groups -OCH3 is 2. The highest BCUT2D eigenvalue weighted by Crippen LogP contribution is 2.28. The lowest BCUT2D eigenvalue weighted by molar-refractivity contribution is 0.142. The van der Waals surface area contributed by atoms with Gasteiger partial charge in [0.1, 0.15) is 24.7 Å². The van der Waals surface area contributed by atoms with Gasteiger partial charge in [-0.3, -0.25) is 0 Å². The molecule has 124 valence electrons. The number of hydrogen-bond acceptors (Lipinski definition) is 5. The van der Waals surface area contributed by atoms with Crippen LogP contribution in [0.5, 0.6) is 11.5 Å². The summed E-state index contributed by atoms with van der Waals surface area (Å²) < 4.78 is 21.5. The van der Waals surface area contributed by atoms with Gasteiger partial charge in [-0.2, -0.15) is 0 Å². The third-order valence-electron chi connectivity index (χ3n) is 3.59. The van der Waals surface area contributed by atoms with E-state index < -0.39 is 0 Å². The molecule has 0 bridgehead atoms. The topological polar surface area (TPSA) is 49.0 Å². The number of hydrogen-bond donors (Lipinski definition) is 1. The fourth-order valence-electron chi connectivity index (χ4n) is 2.12. The lowest BCUT2D eigenvalue weighted by atomic mass is 10.2. The number of ether oxygens (including phenoxy) is 4. The van der Waals surface area contributed by atoms with E-state index in [1.807, 2.05) is 12.1 Å². The minimum Gasteiger partial charge on any atom is -0.491 e. The Morgan fingerprint density at radius 1 is 1.00 bits per heavy atom. The Morgan fingerprint density at radius 3 is 2.41 bits per heavy atom. The molecule has 1 aromatic rings. The van der Waals surface area contributed by atoms with Crippen molar-refractivity contribution < 1.29 is 18.9 Å². The molecule has 1 N–H and O–H groups in total. The standard InChI is InChI=1S/C17H27NO4/c1-19-7-9-21-16-6-5-15(13-18-12-14-3-4-14)17(11-16)22-10-8-20-2/h5-6,11,14,18H,3-4,7-10,12-13H2,1-2H3. The molecule has 0 spiro atoms. The highest BCUT2D eigenvalue weighted by Gasteiger charge is 2.20. The second-order valence-corrected chi connectivity index (χ2v) is 5.53. The van der Waals surface area contributed by atoms with E-state index in [2.05, 4.69) is 11.4 Å². The van der Waals surface area contributed by atoms with E-state index in [0.29, 0.717) is 26.4 Å². The SMILES string of the molecule is COCCOc1ccc(CNCC2CC2)c(OCCOC)c1. The summed E-state index contributed by atoms with van der Waals surface area (Å²) >= 11 is 0. The predicted molar refractivity (Wildman–Crippen MR) is 85.6 cm³/mol. The van der Waals surface area contributed by atoms with E-state index in [1.54, 1.807) is 14.2 Å². The summed E-state index contributed by atoms with van der Waals surface area (Å²) in [7, 11) is 3.34. The minimum absolute atomic E-state index is 0.535. The summed E-state index contributed by atoms with van der Waals surface area (Å²) in [6.07, 6.45) is 2.72. The van der Waals surface area contributed by atoms with Crippen LogP contribution in [0.3, 0.4) is 0 Å². The average Bonchev–Trinajstić information content (AvgIpc) is 3.34. The predicted octanol–water partition coefficient (Wildman–Crippen LogP) is 2.24. The number of rotatable bonds is 12. The fraction of sp³-hybridized carbons (Fsp3) is 0.647. The van der Waals surface area contributed by atoms with Gasteiger partial charge in [-0.05, 0) is 31.4 Å². The van der Waals surface area contributed by atoms with Gasteiger partial charge in [0, 0.05) is 32.4 Å². The second-order valence-electron chi connectivity index (χ2n) is 5.53. The minimum atomic E-state index is 0.535. The van der Waals surface area contributed by atoms with Gasteiger partial charge in [-0.15, -0.1) is 0 Å². The summed E-state index contributed by atoms with van der Waals surface area (Å²) in [5.74, 6) is 2.53. The van der Waals surface area contributed by atoms with Gasteiger partial charge >= 0.3 is 0 Å². The Bertz CT molecular complexity index is 435. The molecule has 1 aliphatic carbocycles. The first-order valence-corrected chi connectivity index (χ1v) is 7.90. The summed E-state index contributed by atoms with van der Waals surface area (Å²) in [6.45, 7) is 4.12. The molecule has 2 rings (SSSR count). The molecular formula is C17H27NO4. The molecule has 0 atom stereocenters. The Labute approximate surface area is 132 Å². The van der Waals surface area contributed by atoms with Crippen molar-refractivity contribution in [2.45, 2.75) is 19.4 Å². The van der Waals surface area contributed by atoms with Crippen molar-refractivity contribution in [2.24, 2.45) is 5.92 Å². The Morgan fingerprint density at radius 2 is 1.73 bits per heavy atom. The lowest BCUT2D eigenvalue weighted by Gasteiger charge is -2.14. The quantitative estimate of drug-likeness (QED) is 0.600.